The Morgan fingerprint density at radius 1 is 1.06 bits per heavy atom. The molecule has 1 heterocycles. The number of amides is 1. The SMILES string of the molecule is CCc1ccccc1Oc1sc(NC(=O)Cc2ccc(S(=O)CC)cc2)nc1-c1cccc(Cl)c1. The summed E-state index contributed by atoms with van der Waals surface area (Å²) < 4.78 is 18.2. The lowest BCUT2D eigenvalue weighted by Crippen LogP contribution is -2.14. The molecule has 0 saturated heterocycles. The minimum atomic E-state index is -1.01. The van der Waals surface area contributed by atoms with Gasteiger partial charge in [-0.25, -0.2) is 4.98 Å². The second-order valence-electron chi connectivity index (χ2n) is 7.73. The van der Waals surface area contributed by atoms with Crippen molar-refractivity contribution < 1.29 is 13.7 Å². The molecule has 1 N–H and O–H groups in total. The van der Waals surface area contributed by atoms with Crippen molar-refractivity contribution in [3.05, 3.63) is 88.9 Å². The Morgan fingerprint density at radius 3 is 2.54 bits per heavy atom. The highest BCUT2D eigenvalue weighted by atomic mass is 35.5. The van der Waals surface area contributed by atoms with Crippen LogP contribution in [0.5, 0.6) is 10.8 Å². The van der Waals surface area contributed by atoms with E-state index in [1.165, 1.54) is 11.3 Å². The summed E-state index contributed by atoms with van der Waals surface area (Å²) in [7, 11) is -1.01. The minimum Gasteiger partial charge on any atom is -0.444 e. The van der Waals surface area contributed by atoms with E-state index in [2.05, 4.69) is 17.2 Å². The van der Waals surface area contributed by atoms with E-state index in [9.17, 15) is 9.00 Å². The molecule has 1 atom stereocenters. The maximum Gasteiger partial charge on any atom is 0.230 e. The zero-order chi connectivity index (χ0) is 24.8. The van der Waals surface area contributed by atoms with Crippen molar-refractivity contribution in [1.82, 2.24) is 4.98 Å². The van der Waals surface area contributed by atoms with Crippen LogP contribution in [0.25, 0.3) is 11.3 Å². The highest BCUT2D eigenvalue weighted by Gasteiger charge is 2.18. The monoisotopic (exact) mass is 524 g/mol. The number of aromatic nitrogens is 1. The summed E-state index contributed by atoms with van der Waals surface area (Å²) in [5, 5.41) is 4.51. The number of nitrogens with zero attached hydrogens (tertiary/aromatic N) is 1. The molecule has 0 fully saturated rings. The minimum absolute atomic E-state index is 0.181. The summed E-state index contributed by atoms with van der Waals surface area (Å²) in [6.07, 6.45) is 1.01. The van der Waals surface area contributed by atoms with Gasteiger partial charge < -0.3 is 10.1 Å². The van der Waals surface area contributed by atoms with E-state index in [-0.39, 0.29) is 12.3 Å². The van der Waals surface area contributed by atoms with Crippen LogP contribution in [0, 0.1) is 0 Å². The fourth-order valence-electron chi connectivity index (χ4n) is 3.52. The number of hydrogen-bond acceptors (Lipinski definition) is 5. The van der Waals surface area contributed by atoms with Crippen molar-refractivity contribution in [1.29, 1.82) is 0 Å². The molecule has 35 heavy (non-hydrogen) atoms. The maximum atomic E-state index is 12.8. The molecule has 8 heteroatoms. The molecule has 0 radical (unpaired) electrons. The third-order valence-electron chi connectivity index (χ3n) is 5.31. The summed E-state index contributed by atoms with van der Waals surface area (Å²) in [6, 6.07) is 22.5. The average Bonchev–Trinajstić information content (AvgIpc) is 3.26. The van der Waals surface area contributed by atoms with Crippen molar-refractivity contribution >= 4 is 44.8 Å². The number of halogens is 1. The maximum absolute atomic E-state index is 12.8. The van der Waals surface area contributed by atoms with Gasteiger partial charge in [0.15, 0.2) is 5.13 Å². The standard InChI is InChI=1S/C27H25ClN2O3S2/c1-3-19-8-5-6-11-23(19)33-26-25(20-9-7-10-21(28)17-20)30-27(34-26)29-24(31)16-18-12-14-22(15-13-18)35(32)4-2/h5-15,17H,3-4,16H2,1-2H3,(H,29,30,31). The van der Waals surface area contributed by atoms with Crippen molar-refractivity contribution in [3.8, 4) is 22.1 Å². The fraction of sp³-hybridized carbons (Fsp3) is 0.185. The lowest BCUT2D eigenvalue weighted by molar-refractivity contribution is -0.115. The van der Waals surface area contributed by atoms with E-state index in [1.54, 1.807) is 18.2 Å². The van der Waals surface area contributed by atoms with Gasteiger partial charge in [-0.3, -0.25) is 9.00 Å². The van der Waals surface area contributed by atoms with Crippen molar-refractivity contribution in [3.63, 3.8) is 0 Å². The summed E-state index contributed by atoms with van der Waals surface area (Å²) in [5.41, 5.74) is 3.33. The molecule has 0 bridgehead atoms. The van der Waals surface area contributed by atoms with Crippen LogP contribution in [0.1, 0.15) is 25.0 Å². The van der Waals surface area contributed by atoms with Gasteiger partial charge >= 0.3 is 0 Å². The molecule has 4 aromatic rings. The van der Waals surface area contributed by atoms with E-state index in [0.29, 0.717) is 26.7 Å². The van der Waals surface area contributed by atoms with Gasteiger partial charge in [-0.2, -0.15) is 0 Å². The molecule has 0 aliphatic carbocycles. The Morgan fingerprint density at radius 2 is 1.83 bits per heavy atom. The topological polar surface area (TPSA) is 68.3 Å². The molecule has 0 aliphatic rings. The molecule has 0 saturated carbocycles. The molecule has 5 nitrogen and oxygen atoms in total. The van der Waals surface area contributed by atoms with Crippen LogP contribution in [0.15, 0.2) is 77.7 Å². The molecular formula is C27H25ClN2O3S2. The van der Waals surface area contributed by atoms with Gasteiger partial charge in [-0.1, -0.05) is 79.2 Å². The predicted molar refractivity (Wildman–Crippen MR) is 144 cm³/mol. The number of rotatable bonds is 9. The third kappa shape index (κ3) is 6.36. The van der Waals surface area contributed by atoms with Gasteiger partial charge in [0.25, 0.3) is 0 Å². The fourth-order valence-corrected chi connectivity index (χ4v) is 5.35. The van der Waals surface area contributed by atoms with Gasteiger partial charge in [-0.05, 0) is 47.9 Å². The highest BCUT2D eigenvalue weighted by Crippen LogP contribution is 2.42. The Labute approximate surface area is 216 Å². The van der Waals surface area contributed by atoms with Gasteiger partial charge in [0.05, 0.1) is 17.2 Å². The summed E-state index contributed by atoms with van der Waals surface area (Å²) in [6.45, 7) is 3.95. The first kappa shape index (κ1) is 25.1. The van der Waals surface area contributed by atoms with E-state index < -0.39 is 10.8 Å². The number of nitrogens with one attached hydrogen (secondary N) is 1. The van der Waals surface area contributed by atoms with Crippen LogP contribution in [0.3, 0.4) is 0 Å². The van der Waals surface area contributed by atoms with Crippen LogP contribution in [0.4, 0.5) is 5.13 Å². The number of thiazole rings is 1. The summed E-state index contributed by atoms with van der Waals surface area (Å²) >= 11 is 7.50. The molecule has 180 valence electrons. The molecule has 4 rings (SSSR count). The largest absolute Gasteiger partial charge is 0.444 e. The number of carbonyl (C=O) groups excluding carboxylic acids is 1. The van der Waals surface area contributed by atoms with Gasteiger partial charge in [-0.15, -0.1) is 0 Å². The number of aryl methyl sites for hydroxylation is 1. The number of hydrogen-bond donors (Lipinski definition) is 1. The molecule has 0 aliphatic heterocycles. The Hall–Kier alpha value is -3.00. The van der Waals surface area contributed by atoms with Crippen LogP contribution in [-0.4, -0.2) is 20.9 Å². The van der Waals surface area contributed by atoms with Crippen molar-refractivity contribution in [2.75, 3.05) is 11.1 Å². The van der Waals surface area contributed by atoms with Crippen LogP contribution in [0.2, 0.25) is 5.02 Å². The third-order valence-corrected chi connectivity index (χ3v) is 7.72. The van der Waals surface area contributed by atoms with Gasteiger partial charge in [0, 0.05) is 21.2 Å². The van der Waals surface area contributed by atoms with E-state index in [4.69, 9.17) is 16.3 Å². The first-order chi connectivity index (χ1) is 17.0. The van der Waals surface area contributed by atoms with Gasteiger partial charge in [0.2, 0.25) is 11.0 Å². The molecule has 1 unspecified atom stereocenters. The Bertz CT molecular complexity index is 1350. The van der Waals surface area contributed by atoms with Gasteiger partial charge in [0.1, 0.15) is 11.4 Å². The zero-order valence-corrected chi connectivity index (χ0v) is 21.8. The number of anilines is 1. The number of ether oxygens (including phenoxy) is 1. The molecule has 1 amide bonds. The lowest BCUT2D eigenvalue weighted by Gasteiger charge is -2.09. The van der Waals surface area contributed by atoms with Crippen molar-refractivity contribution in [2.24, 2.45) is 0 Å². The number of benzene rings is 3. The first-order valence-corrected chi connectivity index (χ1v) is 13.8. The second-order valence-corrected chi connectivity index (χ2v) is 10.9. The van der Waals surface area contributed by atoms with Crippen molar-refractivity contribution in [2.45, 2.75) is 31.6 Å². The average molecular weight is 525 g/mol. The second kappa shape index (κ2) is 11.6. The Kier molecular flexibility index (Phi) is 8.33. The molecule has 0 spiro atoms. The number of para-hydroxylation sites is 1. The summed E-state index contributed by atoms with van der Waals surface area (Å²) in [5.74, 6) is 1.12. The Balaban J connectivity index is 1.57. The van der Waals surface area contributed by atoms with E-state index >= 15 is 0 Å². The molecule has 3 aromatic carbocycles. The lowest BCUT2D eigenvalue weighted by atomic mass is 10.1. The normalized spacial score (nSPS) is 11.7. The van der Waals surface area contributed by atoms with Crippen LogP contribution >= 0.6 is 22.9 Å². The highest BCUT2D eigenvalue weighted by molar-refractivity contribution is 7.85. The smallest absolute Gasteiger partial charge is 0.230 e. The number of carbonyl (C=O) groups is 1. The predicted octanol–water partition coefficient (Wildman–Crippen LogP) is 7.13. The van der Waals surface area contributed by atoms with E-state index in [1.807, 2.05) is 61.5 Å². The molecule has 1 aromatic heterocycles. The molecular weight excluding hydrogens is 500 g/mol. The van der Waals surface area contributed by atoms with Crippen LogP contribution in [-0.2, 0) is 28.4 Å². The summed E-state index contributed by atoms with van der Waals surface area (Å²) in [4.78, 5) is 18.2. The quantitative estimate of drug-likeness (QED) is 0.253. The first-order valence-electron chi connectivity index (χ1n) is 11.3. The zero-order valence-electron chi connectivity index (χ0n) is 19.4. The van der Waals surface area contributed by atoms with E-state index in [0.717, 1.165) is 33.8 Å². The van der Waals surface area contributed by atoms with Crippen LogP contribution < -0.4 is 10.1 Å².